The van der Waals surface area contributed by atoms with Gasteiger partial charge in [-0.2, -0.15) is 0 Å². The van der Waals surface area contributed by atoms with E-state index in [0.717, 1.165) is 18.9 Å². The minimum atomic E-state index is 0.981. The van der Waals surface area contributed by atoms with E-state index < -0.39 is 0 Å². The Bertz CT molecular complexity index is 99.9. The maximum atomic E-state index is 4.15. The van der Waals surface area contributed by atoms with Gasteiger partial charge in [0.1, 0.15) is 5.84 Å². The molecule has 0 aromatic heterocycles. The van der Waals surface area contributed by atoms with Crippen molar-refractivity contribution in [3.8, 4) is 0 Å². The fourth-order valence-corrected chi connectivity index (χ4v) is 0.906. The maximum Gasteiger partial charge on any atom is 0.105 e. The SMILES string of the molecule is CC1=NCCN1I. The molecule has 1 heterocycles. The Kier molecular flexibility index (Phi) is 1.51. The second-order valence-electron chi connectivity index (χ2n) is 1.51. The van der Waals surface area contributed by atoms with Gasteiger partial charge >= 0.3 is 0 Å². The first-order chi connectivity index (χ1) is 3.30. The highest BCUT2D eigenvalue weighted by atomic mass is 127. The topological polar surface area (TPSA) is 15.6 Å². The van der Waals surface area contributed by atoms with E-state index in [1.165, 1.54) is 0 Å². The predicted octanol–water partition coefficient (Wildman–Crippen LogP) is 1.07. The summed E-state index contributed by atoms with van der Waals surface area (Å²) in [6, 6.07) is 0. The van der Waals surface area contributed by atoms with Crippen LogP contribution in [0.4, 0.5) is 0 Å². The van der Waals surface area contributed by atoms with Crippen molar-refractivity contribution in [2.45, 2.75) is 6.92 Å². The molecule has 0 fully saturated rings. The van der Waals surface area contributed by atoms with Crippen molar-refractivity contribution in [1.82, 2.24) is 3.11 Å². The third kappa shape index (κ3) is 1.05. The predicted molar refractivity (Wildman–Crippen MR) is 38.7 cm³/mol. The van der Waals surface area contributed by atoms with Gasteiger partial charge in [0.05, 0.1) is 29.4 Å². The van der Waals surface area contributed by atoms with E-state index in [1.54, 1.807) is 0 Å². The second-order valence-corrected chi connectivity index (χ2v) is 2.68. The first-order valence-electron chi connectivity index (χ1n) is 2.25. The molecule has 0 radical (unpaired) electrons. The van der Waals surface area contributed by atoms with Crippen molar-refractivity contribution < 1.29 is 0 Å². The average molecular weight is 210 g/mol. The van der Waals surface area contributed by atoms with E-state index in [4.69, 9.17) is 0 Å². The first-order valence-corrected chi connectivity index (χ1v) is 3.21. The summed E-state index contributed by atoms with van der Waals surface area (Å²) in [6.07, 6.45) is 0. The maximum absolute atomic E-state index is 4.15. The molecular weight excluding hydrogens is 203 g/mol. The molecule has 2 nitrogen and oxygen atoms in total. The molecule has 40 valence electrons. The fourth-order valence-electron chi connectivity index (χ4n) is 0.538. The van der Waals surface area contributed by atoms with Gasteiger partial charge in [0.2, 0.25) is 0 Å². The summed E-state index contributed by atoms with van der Waals surface area (Å²) in [6.45, 7) is 4.10. The normalized spacial score (nSPS) is 20.3. The standard InChI is InChI=1S/C4H7IN2/c1-4-6-2-3-7(4)5/h2-3H2,1H3. The Morgan fingerprint density at radius 1 is 1.86 bits per heavy atom. The Morgan fingerprint density at radius 2 is 2.57 bits per heavy atom. The summed E-state index contributed by atoms with van der Waals surface area (Å²) in [5.74, 6) is 1.15. The third-order valence-corrected chi connectivity index (χ3v) is 2.17. The monoisotopic (exact) mass is 210 g/mol. The van der Waals surface area contributed by atoms with Crippen LogP contribution in [0.15, 0.2) is 4.99 Å². The molecule has 3 heteroatoms. The zero-order valence-electron chi connectivity index (χ0n) is 4.19. The van der Waals surface area contributed by atoms with Crippen LogP contribution in [-0.4, -0.2) is 22.0 Å². The molecule has 7 heavy (non-hydrogen) atoms. The van der Waals surface area contributed by atoms with Gasteiger partial charge in [0, 0.05) is 6.54 Å². The summed E-state index contributed by atoms with van der Waals surface area (Å²) in [4.78, 5) is 4.15. The van der Waals surface area contributed by atoms with Crippen LogP contribution >= 0.6 is 22.9 Å². The lowest BCUT2D eigenvalue weighted by Gasteiger charge is -2.03. The molecule has 0 amide bonds. The molecule has 1 aliphatic heterocycles. The van der Waals surface area contributed by atoms with Crippen LogP contribution in [0.1, 0.15) is 6.92 Å². The second kappa shape index (κ2) is 1.98. The largest absolute Gasteiger partial charge is 0.301 e. The van der Waals surface area contributed by atoms with Gasteiger partial charge in [-0.15, -0.1) is 0 Å². The molecule has 0 saturated heterocycles. The highest BCUT2D eigenvalue weighted by Gasteiger charge is 2.06. The third-order valence-electron chi connectivity index (χ3n) is 0.988. The number of halogens is 1. The van der Waals surface area contributed by atoms with Crippen LogP contribution in [0.2, 0.25) is 0 Å². The first kappa shape index (κ1) is 5.34. The highest BCUT2D eigenvalue weighted by Crippen LogP contribution is 2.05. The van der Waals surface area contributed by atoms with Gasteiger partial charge in [0.25, 0.3) is 0 Å². The zero-order valence-corrected chi connectivity index (χ0v) is 6.34. The molecule has 1 aliphatic rings. The van der Waals surface area contributed by atoms with Crippen molar-refractivity contribution in [1.29, 1.82) is 0 Å². The quantitative estimate of drug-likeness (QED) is 0.431. The molecule has 0 spiro atoms. The van der Waals surface area contributed by atoms with Gasteiger partial charge in [-0.3, -0.25) is 4.99 Å². The number of amidine groups is 1. The zero-order chi connectivity index (χ0) is 5.28. The van der Waals surface area contributed by atoms with Crippen LogP contribution in [-0.2, 0) is 0 Å². The van der Waals surface area contributed by atoms with Crippen LogP contribution in [0.5, 0.6) is 0 Å². The van der Waals surface area contributed by atoms with E-state index in [1.807, 2.05) is 6.92 Å². The van der Waals surface area contributed by atoms with Gasteiger partial charge < -0.3 is 3.11 Å². The summed E-state index contributed by atoms with van der Waals surface area (Å²) in [5, 5.41) is 0. The van der Waals surface area contributed by atoms with Gasteiger partial charge in [0.15, 0.2) is 0 Å². The lowest BCUT2D eigenvalue weighted by atomic mass is 10.7. The smallest absolute Gasteiger partial charge is 0.105 e. The van der Waals surface area contributed by atoms with Gasteiger partial charge in [-0.1, -0.05) is 0 Å². The summed E-state index contributed by atoms with van der Waals surface area (Å²) in [5.41, 5.74) is 0. The van der Waals surface area contributed by atoms with Crippen LogP contribution < -0.4 is 0 Å². The average Bonchev–Trinajstić information content (AvgIpc) is 1.91. The molecule has 0 aromatic rings. The molecule has 0 aromatic carbocycles. The molecule has 0 bridgehead atoms. The van der Waals surface area contributed by atoms with Gasteiger partial charge in [-0.05, 0) is 6.92 Å². The van der Waals surface area contributed by atoms with E-state index in [2.05, 4.69) is 31.0 Å². The summed E-state index contributed by atoms with van der Waals surface area (Å²) in [7, 11) is 0. The highest BCUT2D eigenvalue weighted by molar-refractivity contribution is 14.1. The molecule has 0 atom stereocenters. The van der Waals surface area contributed by atoms with E-state index in [-0.39, 0.29) is 0 Å². The lowest BCUT2D eigenvalue weighted by Crippen LogP contribution is -2.11. The van der Waals surface area contributed by atoms with Crippen LogP contribution in [0, 0.1) is 0 Å². The lowest BCUT2D eigenvalue weighted by molar-refractivity contribution is 0.780. The molecule has 0 N–H and O–H groups in total. The van der Waals surface area contributed by atoms with Crippen molar-refractivity contribution in [3.63, 3.8) is 0 Å². The Balaban J connectivity index is 2.54. The van der Waals surface area contributed by atoms with Gasteiger partial charge in [-0.25, -0.2) is 0 Å². The van der Waals surface area contributed by atoms with Crippen molar-refractivity contribution in [2.75, 3.05) is 13.1 Å². The Labute approximate surface area is 57.1 Å². The van der Waals surface area contributed by atoms with E-state index in [0.29, 0.717) is 0 Å². The van der Waals surface area contributed by atoms with E-state index >= 15 is 0 Å². The van der Waals surface area contributed by atoms with Crippen molar-refractivity contribution in [2.24, 2.45) is 4.99 Å². The summed E-state index contributed by atoms with van der Waals surface area (Å²) < 4.78 is 2.12. The summed E-state index contributed by atoms with van der Waals surface area (Å²) >= 11 is 2.26. The minimum Gasteiger partial charge on any atom is -0.301 e. The fraction of sp³-hybridized carbons (Fsp3) is 0.750. The molecule has 1 rings (SSSR count). The number of aliphatic imine (C=N–C) groups is 1. The minimum absolute atomic E-state index is 0.981. The molecule has 0 aliphatic carbocycles. The molecule has 0 saturated carbocycles. The number of hydrogen-bond acceptors (Lipinski definition) is 2. The van der Waals surface area contributed by atoms with Crippen LogP contribution in [0.3, 0.4) is 0 Å². The molecular formula is C4H7IN2. The van der Waals surface area contributed by atoms with Crippen molar-refractivity contribution >= 4 is 28.7 Å². The number of rotatable bonds is 0. The van der Waals surface area contributed by atoms with E-state index in [9.17, 15) is 0 Å². The number of hydrogen-bond donors (Lipinski definition) is 0. The number of nitrogens with zero attached hydrogens (tertiary/aromatic N) is 2. The van der Waals surface area contributed by atoms with Crippen LogP contribution in [0.25, 0.3) is 0 Å². The Hall–Kier alpha value is 0.200. The molecule has 0 unspecified atom stereocenters. The Morgan fingerprint density at radius 3 is 2.71 bits per heavy atom. The van der Waals surface area contributed by atoms with Crippen molar-refractivity contribution in [3.05, 3.63) is 0 Å².